The molecule has 0 spiro atoms. The van der Waals surface area contributed by atoms with Gasteiger partial charge >= 0.3 is 0 Å². The summed E-state index contributed by atoms with van der Waals surface area (Å²) in [6.45, 7) is 13.1. The van der Waals surface area contributed by atoms with Gasteiger partial charge in [-0.1, -0.05) is 31.5 Å². The van der Waals surface area contributed by atoms with Crippen LogP contribution in [0.3, 0.4) is 0 Å². The zero-order valence-electron chi connectivity index (χ0n) is 15.3. The van der Waals surface area contributed by atoms with E-state index in [1.165, 1.54) is 5.56 Å². The average molecular weight is 318 g/mol. The molecule has 2 amide bonds. The maximum atomic E-state index is 12.2. The first-order chi connectivity index (χ1) is 10.7. The number of carbonyl (C=O) groups is 2. The molecule has 0 aliphatic rings. The Hall–Kier alpha value is -1.84. The van der Waals surface area contributed by atoms with Crippen molar-refractivity contribution in [3.05, 3.63) is 28.8 Å². The monoisotopic (exact) mass is 318 g/mol. The summed E-state index contributed by atoms with van der Waals surface area (Å²) in [5.41, 5.74) is 4.21. The molecule has 0 heterocycles. The van der Waals surface area contributed by atoms with E-state index >= 15 is 0 Å². The Labute approximate surface area is 140 Å². The van der Waals surface area contributed by atoms with E-state index in [9.17, 15) is 9.59 Å². The molecule has 128 valence electrons. The van der Waals surface area contributed by atoms with Crippen molar-refractivity contribution in [1.82, 2.24) is 4.90 Å². The van der Waals surface area contributed by atoms with Crippen LogP contribution in [0.1, 0.15) is 50.3 Å². The van der Waals surface area contributed by atoms with Crippen LogP contribution in [0.2, 0.25) is 0 Å². The van der Waals surface area contributed by atoms with Crippen molar-refractivity contribution in [1.29, 1.82) is 0 Å². The Balaban J connectivity index is 2.61. The van der Waals surface area contributed by atoms with Gasteiger partial charge in [0, 0.05) is 32.1 Å². The van der Waals surface area contributed by atoms with E-state index in [4.69, 9.17) is 0 Å². The molecule has 0 saturated carbocycles. The first-order valence-corrected chi connectivity index (χ1v) is 8.34. The normalized spacial score (nSPS) is 10.7. The van der Waals surface area contributed by atoms with Crippen LogP contribution in [0, 0.1) is 26.7 Å². The second-order valence-corrected chi connectivity index (χ2v) is 6.76. The molecular formula is C19H30N2O2. The molecule has 0 atom stereocenters. The third kappa shape index (κ3) is 6.43. The Morgan fingerprint density at radius 2 is 1.65 bits per heavy atom. The van der Waals surface area contributed by atoms with E-state index < -0.39 is 0 Å². The summed E-state index contributed by atoms with van der Waals surface area (Å²) in [5.74, 6) is 0.528. The van der Waals surface area contributed by atoms with Gasteiger partial charge in [0.15, 0.2) is 0 Å². The maximum Gasteiger partial charge on any atom is 0.226 e. The second-order valence-electron chi connectivity index (χ2n) is 6.76. The zero-order chi connectivity index (χ0) is 17.6. The molecule has 0 aromatic heterocycles. The highest BCUT2D eigenvalue weighted by Gasteiger charge is 2.13. The van der Waals surface area contributed by atoms with Gasteiger partial charge in [0.25, 0.3) is 0 Å². The molecule has 23 heavy (non-hydrogen) atoms. The number of rotatable bonds is 7. The first kappa shape index (κ1) is 19.2. The van der Waals surface area contributed by atoms with Gasteiger partial charge in [-0.05, 0) is 44.2 Å². The maximum absolute atomic E-state index is 12.2. The third-order valence-electron chi connectivity index (χ3n) is 3.97. The number of carbonyl (C=O) groups excluding carboxylic acids is 2. The Kier molecular flexibility index (Phi) is 7.27. The minimum absolute atomic E-state index is 0.0288. The van der Waals surface area contributed by atoms with Crippen molar-refractivity contribution in [3.63, 3.8) is 0 Å². The predicted molar refractivity (Wildman–Crippen MR) is 95.6 cm³/mol. The van der Waals surface area contributed by atoms with Gasteiger partial charge in [-0.2, -0.15) is 0 Å². The van der Waals surface area contributed by atoms with Gasteiger partial charge < -0.3 is 10.2 Å². The van der Waals surface area contributed by atoms with Gasteiger partial charge in [0.1, 0.15) is 0 Å². The fourth-order valence-electron chi connectivity index (χ4n) is 2.66. The van der Waals surface area contributed by atoms with Crippen LogP contribution in [-0.4, -0.2) is 29.8 Å². The fourth-order valence-corrected chi connectivity index (χ4v) is 2.66. The standard InChI is InChI=1S/C19H30N2O2/c1-13(2)7-9-21(17(6)22)10-8-18(23)20-19-15(4)11-14(3)12-16(19)5/h11-13H,7-10H2,1-6H3,(H,20,23). The topological polar surface area (TPSA) is 49.4 Å². The van der Waals surface area contributed by atoms with Gasteiger partial charge in [0.05, 0.1) is 0 Å². The van der Waals surface area contributed by atoms with E-state index in [0.717, 1.165) is 23.2 Å². The largest absolute Gasteiger partial charge is 0.342 e. The lowest BCUT2D eigenvalue weighted by atomic mass is 10.0. The molecule has 1 aromatic rings. The van der Waals surface area contributed by atoms with E-state index in [-0.39, 0.29) is 11.8 Å². The highest BCUT2D eigenvalue weighted by Crippen LogP contribution is 2.22. The molecule has 0 fully saturated rings. The van der Waals surface area contributed by atoms with E-state index in [2.05, 4.69) is 31.3 Å². The molecule has 4 heteroatoms. The van der Waals surface area contributed by atoms with E-state index in [1.54, 1.807) is 11.8 Å². The number of nitrogens with zero attached hydrogens (tertiary/aromatic N) is 1. The summed E-state index contributed by atoms with van der Waals surface area (Å²) < 4.78 is 0. The van der Waals surface area contributed by atoms with Crippen LogP contribution >= 0.6 is 0 Å². The van der Waals surface area contributed by atoms with Gasteiger partial charge in [-0.3, -0.25) is 9.59 Å². The Morgan fingerprint density at radius 1 is 1.09 bits per heavy atom. The molecule has 0 saturated heterocycles. The summed E-state index contributed by atoms with van der Waals surface area (Å²) in [6, 6.07) is 4.13. The Bertz CT molecular complexity index is 541. The predicted octanol–water partition coefficient (Wildman–Crippen LogP) is 3.84. The SMILES string of the molecule is CC(=O)N(CCC(=O)Nc1c(C)cc(C)cc1C)CCC(C)C. The molecule has 0 aliphatic carbocycles. The van der Waals surface area contributed by atoms with Crippen LogP contribution in [-0.2, 0) is 9.59 Å². The van der Waals surface area contributed by atoms with Crippen LogP contribution in [0.15, 0.2) is 12.1 Å². The number of anilines is 1. The van der Waals surface area contributed by atoms with Crippen LogP contribution in [0.4, 0.5) is 5.69 Å². The molecule has 4 nitrogen and oxygen atoms in total. The summed E-state index contributed by atoms with van der Waals surface area (Å²) >= 11 is 0. The van der Waals surface area contributed by atoms with Crippen LogP contribution in [0.25, 0.3) is 0 Å². The molecule has 1 N–H and O–H groups in total. The van der Waals surface area contributed by atoms with Gasteiger partial charge in [-0.15, -0.1) is 0 Å². The lowest BCUT2D eigenvalue weighted by Crippen LogP contribution is -2.33. The number of hydrogen-bond acceptors (Lipinski definition) is 2. The van der Waals surface area contributed by atoms with Crippen molar-refractivity contribution in [2.45, 2.75) is 54.4 Å². The molecule has 0 unspecified atom stereocenters. The summed E-state index contributed by atoms with van der Waals surface area (Å²) in [7, 11) is 0. The smallest absolute Gasteiger partial charge is 0.226 e. The average Bonchev–Trinajstić information content (AvgIpc) is 2.42. The lowest BCUT2D eigenvalue weighted by molar-refractivity contribution is -0.129. The molecule has 0 bridgehead atoms. The van der Waals surface area contributed by atoms with E-state index in [1.807, 2.05) is 20.8 Å². The van der Waals surface area contributed by atoms with Crippen molar-refractivity contribution >= 4 is 17.5 Å². The van der Waals surface area contributed by atoms with Crippen molar-refractivity contribution in [2.75, 3.05) is 18.4 Å². The molecular weight excluding hydrogens is 288 g/mol. The highest BCUT2D eigenvalue weighted by molar-refractivity contribution is 5.92. The van der Waals surface area contributed by atoms with Crippen LogP contribution < -0.4 is 5.32 Å². The molecule has 0 aliphatic heterocycles. The summed E-state index contributed by atoms with van der Waals surface area (Å²) in [5, 5.41) is 2.99. The van der Waals surface area contributed by atoms with Crippen LogP contribution in [0.5, 0.6) is 0 Å². The third-order valence-corrected chi connectivity index (χ3v) is 3.97. The van der Waals surface area contributed by atoms with Gasteiger partial charge in [0.2, 0.25) is 11.8 Å². The quantitative estimate of drug-likeness (QED) is 0.830. The lowest BCUT2D eigenvalue weighted by Gasteiger charge is -2.22. The molecule has 0 radical (unpaired) electrons. The summed E-state index contributed by atoms with van der Waals surface area (Å²) in [6.07, 6.45) is 1.28. The first-order valence-electron chi connectivity index (χ1n) is 8.34. The highest BCUT2D eigenvalue weighted by atomic mass is 16.2. The van der Waals surface area contributed by atoms with Crippen molar-refractivity contribution in [3.8, 4) is 0 Å². The fraction of sp³-hybridized carbons (Fsp3) is 0.579. The number of aryl methyl sites for hydroxylation is 3. The summed E-state index contributed by atoms with van der Waals surface area (Å²) in [4.78, 5) is 25.6. The van der Waals surface area contributed by atoms with Gasteiger partial charge in [-0.25, -0.2) is 0 Å². The number of amides is 2. The molecule has 1 aromatic carbocycles. The van der Waals surface area contributed by atoms with Crippen molar-refractivity contribution in [2.24, 2.45) is 5.92 Å². The number of benzene rings is 1. The molecule has 1 rings (SSSR count). The number of hydrogen-bond donors (Lipinski definition) is 1. The minimum Gasteiger partial charge on any atom is -0.342 e. The zero-order valence-corrected chi connectivity index (χ0v) is 15.3. The van der Waals surface area contributed by atoms with E-state index in [0.29, 0.717) is 25.4 Å². The minimum atomic E-state index is -0.0455. The number of nitrogens with one attached hydrogen (secondary N) is 1. The second kappa shape index (κ2) is 8.70. The van der Waals surface area contributed by atoms with Crippen molar-refractivity contribution < 1.29 is 9.59 Å². The Morgan fingerprint density at radius 3 is 2.13 bits per heavy atom.